The number of alkyl halides is 1. The number of ether oxygens (including phenoxy) is 3. The Morgan fingerprint density at radius 1 is 1.06 bits per heavy atom. The second-order valence-electron chi connectivity index (χ2n) is 3.52. The van der Waals surface area contributed by atoms with Gasteiger partial charge in [0.15, 0.2) is 11.5 Å². The summed E-state index contributed by atoms with van der Waals surface area (Å²) in [6, 6.07) is 3.94. The van der Waals surface area contributed by atoms with Crippen LogP contribution in [0.15, 0.2) is 12.1 Å². The second kappa shape index (κ2) is 5.99. The summed E-state index contributed by atoms with van der Waals surface area (Å²) in [7, 11) is 4.85. The molecule has 0 radical (unpaired) electrons. The Bertz CT molecular complexity index is 325. The predicted molar refractivity (Wildman–Crippen MR) is 68.2 cm³/mol. The van der Waals surface area contributed by atoms with E-state index in [4.69, 9.17) is 14.2 Å². The van der Waals surface area contributed by atoms with Crippen molar-refractivity contribution in [3.8, 4) is 17.2 Å². The van der Waals surface area contributed by atoms with E-state index in [-0.39, 0.29) is 0 Å². The van der Waals surface area contributed by atoms with Gasteiger partial charge in [0.2, 0.25) is 5.75 Å². The van der Waals surface area contributed by atoms with E-state index in [1.54, 1.807) is 21.3 Å². The number of benzene rings is 1. The maximum Gasteiger partial charge on any atom is 0.203 e. The molecule has 0 saturated carbocycles. The first kappa shape index (κ1) is 13.2. The molecule has 90 valence electrons. The van der Waals surface area contributed by atoms with E-state index < -0.39 is 0 Å². The van der Waals surface area contributed by atoms with Crippen molar-refractivity contribution in [2.45, 2.75) is 18.2 Å². The van der Waals surface area contributed by atoms with Gasteiger partial charge in [0.1, 0.15) is 0 Å². The third kappa shape index (κ3) is 3.04. The third-order valence-electron chi connectivity index (χ3n) is 2.24. The number of hydrogen-bond donors (Lipinski definition) is 0. The molecule has 0 bridgehead atoms. The SMILES string of the molecule is COc1cc(C[C@@H](C)Br)cc(OC)c1OC. The molecule has 1 rings (SSSR count). The number of methoxy groups -OCH3 is 3. The largest absolute Gasteiger partial charge is 0.493 e. The minimum absolute atomic E-state index is 0.412. The monoisotopic (exact) mass is 288 g/mol. The molecule has 0 N–H and O–H groups in total. The quantitative estimate of drug-likeness (QED) is 0.780. The lowest BCUT2D eigenvalue weighted by Gasteiger charge is -2.14. The van der Waals surface area contributed by atoms with Crippen molar-refractivity contribution in [1.29, 1.82) is 0 Å². The zero-order chi connectivity index (χ0) is 12.1. The minimum atomic E-state index is 0.412. The van der Waals surface area contributed by atoms with Crippen LogP contribution in [0.4, 0.5) is 0 Å². The third-order valence-corrected chi connectivity index (χ3v) is 2.57. The van der Waals surface area contributed by atoms with Crippen molar-refractivity contribution in [1.82, 2.24) is 0 Å². The molecule has 1 aromatic rings. The summed E-state index contributed by atoms with van der Waals surface area (Å²) in [5.41, 5.74) is 1.15. The number of hydrogen-bond acceptors (Lipinski definition) is 3. The van der Waals surface area contributed by atoms with Crippen LogP contribution in [0.3, 0.4) is 0 Å². The van der Waals surface area contributed by atoms with Crippen molar-refractivity contribution < 1.29 is 14.2 Å². The molecule has 0 fully saturated rings. The van der Waals surface area contributed by atoms with Gasteiger partial charge >= 0.3 is 0 Å². The van der Waals surface area contributed by atoms with Crippen LogP contribution in [0, 0.1) is 0 Å². The van der Waals surface area contributed by atoms with Crippen molar-refractivity contribution in [2.75, 3.05) is 21.3 Å². The van der Waals surface area contributed by atoms with Crippen LogP contribution in [-0.4, -0.2) is 26.2 Å². The maximum absolute atomic E-state index is 5.28. The van der Waals surface area contributed by atoms with E-state index in [9.17, 15) is 0 Å². The van der Waals surface area contributed by atoms with E-state index in [0.717, 1.165) is 12.0 Å². The summed E-state index contributed by atoms with van der Waals surface area (Å²) in [6.45, 7) is 2.10. The van der Waals surface area contributed by atoms with Crippen LogP contribution in [0.2, 0.25) is 0 Å². The van der Waals surface area contributed by atoms with E-state index >= 15 is 0 Å². The Balaban J connectivity index is 3.15. The summed E-state index contributed by atoms with van der Waals surface area (Å²) in [5.74, 6) is 2.03. The summed E-state index contributed by atoms with van der Waals surface area (Å²) in [4.78, 5) is 0.412. The minimum Gasteiger partial charge on any atom is -0.493 e. The molecule has 16 heavy (non-hydrogen) atoms. The van der Waals surface area contributed by atoms with Crippen LogP contribution in [0.25, 0.3) is 0 Å². The van der Waals surface area contributed by atoms with Gasteiger partial charge in [-0.25, -0.2) is 0 Å². The first-order valence-electron chi connectivity index (χ1n) is 5.05. The van der Waals surface area contributed by atoms with Gasteiger partial charge < -0.3 is 14.2 Å². The lowest BCUT2D eigenvalue weighted by atomic mass is 10.1. The maximum atomic E-state index is 5.28. The molecular formula is C12H17BrO3. The second-order valence-corrected chi connectivity index (χ2v) is 5.08. The molecule has 0 unspecified atom stereocenters. The number of rotatable bonds is 5. The van der Waals surface area contributed by atoms with E-state index in [0.29, 0.717) is 22.1 Å². The van der Waals surface area contributed by atoms with Crippen molar-refractivity contribution >= 4 is 15.9 Å². The van der Waals surface area contributed by atoms with Crippen LogP contribution in [0.5, 0.6) is 17.2 Å². The lowest BCUT2D eigenvalue weighted by molar-refractivity contribution is 0.324. The summed E-state index contributed by atoms with van der Waals surface area (Å²) < 4.78 is 15.8. The number of halogens is 1. The Kier molecular flexibility index (Phi) is 4.93. The first-order chi connectivity index (χ1) is 7.62. The average molecular weight is 289 g/mol. The molecule has 0 amide bonds. The molecular weight excluding hydrogens is 272 g/mol. The van der Waals surface area contributed by atoms with Gasteiger partial charge in [-0.1, -0.05) is 22.9 Å². The predicted octanol–water partition coefficient (Wildman–Crippen LogP) is 3.04. The molecule has 0 aliphatic heterocycles. The molecule has 0 aromatic heterocycles. The molecule has 0 saturated heterocycles. The molecule has 1 atom stereocenters. The van der Waals surface area contributed by atoms with E-state index in [1.807, 2.05) is 12.1 Å². The van der Waals surface area contributed by atoms with Crippen LogP contribution < -0.4 is 14.2 Å². The highest BCUT2D eigenvalue weighted by molar-refractivity contribution is 9.09. The molecule has 4 heteroatoms. The smallest absolute Gasteiger partial charge is 0.203 e. The van der Waals surface area contributed by atoms with Crippen molar-refractivity contribution in [3.63, 3.8) is 0 Å². The van der Waals surface area contributed by atoms with Crippen LogP contribution >= 0.6 is 15.9 Å². The van der Waals surface area contributed by atoms with Gasteiger partial charge in [-0.05, 0) is 24.1 Å². The van der Waals surface area contributed by atoms with Crippen LogP contribution in [-0.2, 0) is 6.42 Å². The van der Waals surface area contributed by atoms with Gasteiger partial charge in [-0.2, -0.15) is 0 Å². The molecule has 1 aromatic carbocycles. The Morgan fingerprint density at radius 2 is 1.56 bits per heavy atom. The summed E-state index contributed by atoms with van der Waals surface area (Å²) in [5, 5.41) is 0. The molecule has 0 aliphatic carbocycles. The fourth-order valence-corrected chi connectivity index (χ4v) is 1.95. The summed E-state index contributed by atoms with van der Waals surface area (Å²) >= 11 is 3.53. The Hall–Kier alpha value is -0.900. The van der Waals surface area contributed by atoms with Crippen molar-refractivity contribution in [3.05, 3.63) is 17.7 Å². The first-order valence-corrected chi connectivity index (χ1v) is 5.96. The molecule has 0 heterocycles. The highest BCUT2D eigenvalue weighted by Gasteiger charge is 2.13. The van der Waals surface area contributed by atoms with Gasteiger partial charge in [0.05, 0.1) is 21.3 Å². The Morgan fingerprint density at radius 3 is 1.88 bits per heavy atom. The van der Waals surface area contributed by atoms with E-state index in [1.165, 1.54) is 0 Å². The Labute approximate surface area is 105 Å². The lowest BCUT2D eigenvalue weighted by Crippen LogP contribution is -2.00. The summed E-state index contributed by atoms with van der Waals surface area (Å²) in [6.07, 6.45) is 0.913. The molecule has 3 nitrogen and oxygen atoms in total. The zero-order valence-electron chi connectivity index (χ0n) is 10.0. The fraction of sp³-hybridized carbons (Fsp3) is 0.500. The topological polar surface area (TPSA) is 27.7 Å². The van der Waals surface area contributed by atoms with Gasteiger partial charge in [0, 0.05) is 4.83 Å². The van der Waals surface area contributed by atoms with Crippen LogP contribution in [0.1, 0.15) is 12.5 Å². The fourth-order valence-electron chi connectivity index (χ4n) is 1.58. The van der Waals surface area contributed by atoms with Gasteiger partial charge in [-0.3, -0.25) is 0 Å². The standard InChI is InChI=1S/C12H17BrO3/c1-8(13)5-9-6-10(14-2)12(16-4)11(7-9)15-3/h6-8H,5H2,1-4H3/t8-/m1/s1. The van der Waals surface area contributed by atoms with Crippen molar-refractivity contribution in [2.24, 2.45) is 0 Å². The molecule has 0 aliphatic rings. The normalized spacial score (nSPS) is 12.1. The zero-order valence-corrected chi connectivity index (χ0v) is 11.6. The molecule has 0 spiro atoms. The van der Waals surface area contributed by atoms with Gasteiger partial charge in [-0.15, -0.1) is 0 Å². The highest BCUT2D eigenvalue weighted by atomic mass is 79.9. The van der Waals surface area contributed by atoms with E-state index in [2.05, 4.69) is 22.9 Å². The van der Waals surface area contributed by atoms with Gasteiger partial charge in [0.25, 0.3) is 0 Å². The highest BCUT2D eigenvalue weighted by Crippen LogP contribution is 2.38. The average Bonchev–Trinajstić information content (AvgIpc) is 2.26.